The molecule has 1 unspecified atom stereocenters. The fourth-order valence-electron chi connectivity index (χ4n) is 0.420. The Morgan fingerprint density at radius 3 is 2.62 bits per heavy atom. The van der Waals surface area contributed by atoms with Crippen LogP contribution < -0.4 is 0 Å². The summed E-state index contributed by atoms with van der Waals surface area (Å²) in [6, 6.07) is 0. The molecule has 48 valence electrons. The van der Waals surface area contributed by atoms with E-state index in [4.69, 9.17) is 0 Å². The van der Waals surface area contributed by atoms with Gasteiger partial charge in [-0.3, -0.25) is 0 Å². The largest absolute Gasteiger partial charge is 0.0922 e. The van der Waals surface area contributed by atoms with Gasteiger partial charge in [0.25, 0.3) is 0 Å². The molecule has 0 aliphatic carbocycles. The van der Waals surface area contributed by atoms with Crippen molar-refractivity contribution in [3.8, 4) is 0 Å². The van der Waals surface area contributed by atoms with Gasteiger partial charge in [0, 0.05) is 5.33 Å². The monoisotopic (exact) mass is 176 g/mol. The van der Waals surface area contributed by atoms with Crippen LogP contribution in [0.4, 0.5) is 0 Å². The second-order valence-electron chi connectivity index (χ2n) is 1.97. The SMILES string of the molecule is CC/C=C/C(C)CBr. The van der Waals surface area contributed by atoms with E-state index < -0.39 is 0 Å². The van der Waals surface area contributed by atoms with Crippen molar-refractivity contribution in [1.29, 1.82) is 0 Å². The third-order valence-electron chi connectivity index (χ3n) is 0.944. The van der Waals surface area contributed by atoms with Gasteiger partial charge in [0.15, 0.2) is 0 Å². The Labute approximate surface area is 60.1 Å². The quantitative estimate of drug-likeness (QED) is 0.459. The van der Waals surface area contributed by atoms with E-state index in [0.29, 0.717) is 5.92 Å². The van der Waals surface area contributed by atoms with Gasteiger partial charge in [0.05, 0.1) is 0 Å². The lowest BCUT2D eigenvalue weighted by atomic mass is 10.2. The van der Waals surface area contributed by atoms with Crippen LogP contribution >= 0.6 is 15.9 Å². The second-order valence-corrected chi connectivity index (χ2v) is 2.62. The maximum atomic E-state index is 3.39. The molecule has 0 spiro atoms. The Morgan fingerprint density at radius 2 is 2.25 bits per heavy atom. The molecule has 0 saturated carbocycles. The minimum atomic E-state index is 0.690. The van der Waals surface area contributed by atoms with Crippen LogP contribution in [-0.4, -0.2) is 5.33 Å². The molecule has 0 radical (unpaired) electrons. The minimum absolute atomic E-state index is 0.690. The molecular weight excluding hydrogens is 164 g/mol. The van der Waals surface area contributed by atoms with Crippen molar-refractivity contribution >= 4 is 15.9 Å². The van der Waals surface area contributed by atoms with E-state index in [1.54, 1.807) is 0 Å². The molecule has 0 aliphatic rings. The van der Waals surface area contributed by atoms with Crippen molar-refractivity contribution in [1.82, 2.24) is 0 Å². The van der Waals surface area contributed by atoms with Gasteiger partial charge in [-0.25, -0.2) is 0 Å². The van der Waals surface area contributed by atoms with Crippen molar-refractivity contribution < 1.29 is 0 Å². The van der Waals surface area contributed by atoms with Gasteiger partial charge in [0.1, 0.15) is 0 Å². The molecule has 0 aromatic carbocycles. The summed E-state index contributed by atoms with van der Waals surface area (Å²) in [4.78, 5) is 0. The highest BCUT2D eigenvalue weighted by Crippen LogP contribution is 2.01. The first-order chi connectivity index (χ1) is 3.81. The molecule has 0 rings (SSSR count). The highest BCUT2D eigenvalue weighted by molar-refractivity contribution is 9.09. The molecule has 0 N–H and O–H groups in total. The van der Waals surface area contributed by atoms with Gasteiger partial charge in [-0.15, -0.1) is 0 Å². The molecular formula is C7H13Br. The van der Waals surface area contributed by atoms with Gasteiger partial charge < -0.3 is 0 Å². The van der Waals surface area contributed by atoms with Crippen molar-refractivity contribution in [2.45, 2.75) is 20.3 Å². The zero-order valence-electron chi connectivity index (χ0n) is 5.52. The first-order valence-electron chi connectivity index (χ1n) is 3.03. The molecule has 8 heavy (non-hydrogen) atoms. The number of allylic oxidation sites excluding steroid dienone is 2. The van der Waals surface area contributed by atoms with E-state index in [-0.39, 0.29) is 0 Å². The van der Waals surface area contributed by atoms with Crippen LogP contribution in [0.5, 0.6) is 0 Å². The third kappa shape index (κ3) is 4.38. The molecule has 0 nitrogen and oxygen atoms in total. The van der Waals surface area contributed by atoms with E-state index in [2.05, 4.69) is 41.9 Å². The Kier molecular flexibility index (Phi) is 5.51. The zero-order chi connectivity index (χ0) is 6.41. The van der Waals surface area contributed by atoms with Crippen molar-refractivity contribution in [3.63, 3.8) is 0 Å². The first-order valence-corrected chi connectivity index (χ1v) is 4.16. The molecule has 0 saturated heterocycles. The van der Waals surface area contributed by atoms with Gasteiger partial charge in [0.2, 0.25) is 0 Å². The normalized spacial score (nSPS) is 14.9. The highest BCUT2D eigenvalue weighted by Gasteiger charge is 1.88. The molecule has 0 amide bonds. The van der Waals surface area contributed by atoms with Gasteiger partial charge in [-0.05, 0) is 12.3 Å². The molecule has 0 fully saturated rings. The topological polar surface area (TPSA) is 0 Å². The fourth-order valence-corrected chi connectivity index (χ4v) is 0.636. The number of hydrogen-bond donors (Lipinski definition) is 0. The lowest BCUT2D eigenvalue weighted by Crippen LogP contribution is -1.87. The summed E-state index contributed by atoms with van der Waals surface area (Å²) in [7, 11) is 0. The van der Waals surface area contributed by atoms with Crippen molar-refractivity contribution in [2.75, 3.05) is 5.33 Å². The molecule has 0 bridgehead atoms. The Bertz CT molecular complexity index is 66.8. The summed E-state index contributed by atoms with van der Waals surface area (Å²) in [5.74, 6) is 0.690. The number of halogens is 1. The third-order valence-corrected chi connectivity index (χ3v) is 1.97. The predicted octanol–water partition coefficient (Wildman–Crippen LogP) is 2.98. The van der Waals surface area contributed by atoms with Crippen molar-refractivity contribution in [2.24, 2.45) is 5.92 Å². The molecule has 0 aliphatic heterocycles. The lowest BCUT2D eigenvalue weighted by molar-refractivity contribution is 0.848. The van der Waals surface area contributed by atoms with Crippen LogP contribution in [0.1, 0.15) is 20.3 Å². The predicted molar refractivity (Wildman–Crippen MR) is 42.4 cm³/mol. The van der Waals surface area contributed by atoms with Crippen LogP contribution in [-0.2, 0) is 0 Å². The van der Waals surface area contributed by atoms with E-state index in [0.717, 1.165) is 11.8 Å². The molecule has 1 heteroatoms. The standard InChI is InChI=1S/C7H13Br/c1-3-4-5-7(2)6-8/h4-5,7H,3,6H2,1-2H3/b5-4+. The van der Waals surface area contributed by atoms with Crippen LogP contribution in [0.2, 0.25) is 0 Å². The smallest absolute Gasteiger partial charge is 0.00916 e. The summed E-state index contributed by atoms with van der Waals surface area (Å²) in [5.41, 5.74) is 0. The Morgan fingerprint density at radius 1 is 1.62 bits per heavy atom. The number of alkyl halides is 1. The average Bonchev–Trinajstić information content (AvgIpc) is 1.83. The maximum absolute atomic E-state index is 3.39. The lowest BCUT2D eigenvalue weighted by Gasteiger charge is -1.95. The first kappa shape index (κ1) is 8.22. The summed E-state index contributed by atoms with van der Waals surface area (Å²) in [6.07, 6.45) is 5.58. The summed E-state index contributed by atoms with van der Waals surface area (Å²) in [5, 5.41) is 1.07. The molecule has 0 heterocycles. The van der Waals surface area contributed by atoms with E-state index in [9.17, 15) is 0 Å². The zero-order valence-corrected chi connectivity index (χ0v) is 7.11. The Balaban J connectivity index is 3.21. The van der Waals surface area contributed by atoms with Crippen LogP contribution in [0.15, 0.2) is 12.2 Å². The van der Waals surface area contributed by atoms with Crippen LogP contribution in [0.25, 0.3) is 0 Å². The average molecular weight is 177 g/mol. The molecule has 1 atom stereocenters. The van der Waals surface area contributed by atoms with Crippen molar-refractivity contribution in [3.05, 3.63) is 12.2 Å². The molecule has 0 aromatic heterocycles. The van der Waals surface area contributed by atoms with Gasteiger partial charge in [-0.1, -0.05) is 41.9 Å². The van der Waals surface area contributed by atoms with Gasteiger partial charge in [-0.2, -0.15) is 0 Å². The summed E-state index contributed by atoms with van der Waals surface area (Å²) in [6.45, 7) is 4.35. The second kappa shape index (κ2) is 5.36. The van der Waals surface area contributed by atoms with E-state index in [1.165, 1.54) is 0 Å². The van der Waals surface area contributed by atoms with Crippen LogP contribution in [0, 0.1) is 5.92 Å². The minimum Gasteiger partial charge on any atom is -0.0922 e. The van der Waals surface area contributed by atoms with E-state index in [1.807, 2.05) is 0 Å². The fraction of sp³-hybridized carbons (Fsp3) is 0.714. The summed E-state index contributed by atoms with van der Waals surface area (Å²) < 4.78 is 0. The Hall–Kier alpha value is 0.220. The van der Waals surface area contributed by atoms with E-state index >= 15 is 0 Å². The molecule has 0 aromatic rings. The number of rotatable bonds is 3. The highest BCUT2D eigenvalue weighted by atomic mass is 79.9. The maximum Gasteiger partial charge on any atom is 0.00916 e. The number of hydrogen-bond acceptors (Lipinski definition) is 0. The van der Waals surface area contributed by atoms with Gasteiger partial charge >= 0.3 is 0 Å². The van der Waals surface area contributed by atoms with Crippen LogP contribution in [0.3, 0.4) is 0 Å². The summed E-state index contributed by atoms with van der Waals surface area (Å²) >= 11 is 3.39.